The van der Waals surface area contributed by atoms with Crippen LogP contribution in [0, 0.1) is 0 Å². The second-order valence-corrected chi connectivity index (χ2v) is 4.96. The van der Waals surface area contributed by atoms with Gasteiger partial charge in [-0.3, -0.25) is 0 Å². The summed E-state index contributed by atoms with van der Waals surface area (Å²) in [5.74, 6) is 2.85. The van der Waals surface area contributed by atoms with Gasteiger partial charge in [-0.1, -0.05) is 24.3 Å². The molecule has 0 saturated carbocycles. The van der Waals surface area contributed by atoms with Gasteiger partial charge in [-0.2, -0.15) is 5.98 Å². The van der Waals surface area contributed by atoms with E-state index in [-0.39, 0.29) is 31.1 Å². The molecule has 1 aromatic carbocycles. The molecule has 0 amide bonds. The van der Waals surface area contributed by atoms with Crippen LogP contribution in [-0.4, -0.2) is 25.9 Å². The second kappa shape index (κ2) is 6.67. The molecule has 1 saturated heterocycles. The van der Waals surface area contributed by atoms with Gasteiger partial charge in [-0.15, -0.1) is 6.82 Å². The van der Waals surface area contributed by atoms with E-state index in [0.717, 1.165) is 11.3 Å². The van der Waals surface area contributed by atoms with E-state index in [9.17, 15) is 0 Å². The van der Waals surface area contributed by atoms with Crippen molar-refractivity contribution in [2.24, 2.45) is 0 Å². The summed E-state index contributed by atoms with van der Waals surface area (Å²) >= 11 is 0. The topological polar surface area (TPSA) is 27.7 Å². The van der Waals surface area contributed by atoms with Crippen LogP contribution in [0.4, 0.5) is 0 Å². The first-order valence-electron chi connectivity index (χ1n) is 6.40. The third-order valence-corrected chi connectivity index (χ3v) is 3.40. The molecule has 19 heavy (non-hydrogen) atoms. The Hall–Kier alpha value is -0.658. The molecule has 5 heteroatoms. The zero-order valence-corrected chi connectivity index (χ0v) is 12.4. The molecular formula is C14H20BLiO3. The van der Waals surface area contributed by atoms with Crippen molar-refractivity contribution in [3.8, 4) is 5.75 Å². The molecule has 1 fully saturated rings. The van der Waals surface area contributed by atoms with Crippen LogP contribution in [0.25, 0.3) is 6.08 Å². The SMILES string of the molecule is COc1ccccc1/C=C/[B-]1(C)OC(C)C(C)O1.[Li+]. The number of rotatable bonds is 3. The maximum absolute atomic E-state index is 5.87. The molecule has 0 spiro atoms. The molecule has 2 rings (SSSR count). The van der Waals surface area contributed by atoms with E-state index in [0.29, 0.717) is 0 Å². The van der Waals surface area contributed by atoms with Crippen LogP contribution in [0.1, 0.15) is 19.4 Å². The number of hydrogen-bond donors (Lipinski definition) is 0. The van der Waals surface area contributed by atoms with Crippen molar-refractivity contribution < 1.29 is 32.9 Å². The minimum absolute atomic E-state index is 0. The number of benzene rings is 1. The minimum atomic E-state index is -1.33. The van der Waals surface area contributed by atoms with E-state index in [1.165, 1.54) is 0 Å². The Labute approximate surface area is 127 Å². The van der Waals surface area contributed by atoms with E-state index in [1.54, 1.807) is 7.11 Å². The van der Waals surface area contributed by atoms with Crippen LogP contribution in [0.2, 0.25) is 6.82 Å². The Morgan fingerprint density at radius 3 is 2.32 bits per heavy atom. The van der Waals surface area contributed by atoms with Crippen molar-refractivity contribution in [3.05, 3.63) is 35.8 Å². The van der Waals surface area contributed by atoms with Crippen LogP contribution in [0.3, 0.4) is 0 Å². The smallest absolute Gasteiger partial charge is 0.561 e. The van der Waals surface area contributed by atoms with E-state index in [1.807, 2.05) is 57.0 Å². The molecular weight excluding hydrogens is 234 g/mol. The minimum Gasteiger partial charge on any atom is -0.561 e. The maximum atomic E-state index is 5.87. The van der Waals surface area contributed by atoms with E-state index < -0.39 is 6.55 Å². The van der Waals surface area contributed by atoms with Crippen LogP contribution in [0.15, 0.2) is 30.2 Å². The van der Waals surface area contributed by atoms with Crippen molar-refractivity contribution in [3.63, 3.8) is 0 Å². The third kappa shape index (κ3) is 3.90. The predicted octanol–water partition coefficient (Wildman–Crippen LogP) is 0.147. The molecule has 0 N–H and O–H groups in total. The molecule has 98 valence electrons. The summed E-state index contributed by atoms with van der Waals surface area (Å²) < 4.78 is 17.0. The van der Waals surface area contributed by atoms with Gasteiger partial charge in [-0.05, 0) is 19.9 Å². The van der Waals surface area contributed by atoms with Crippen molar-refractivity contribution in [1.82, 2.24) is 0 Å². The van der Waals surface area contributed by atoms with Crippen molar-refractivity contribution in [2.45, 2.75) is 32.9 Å². The normalized spacial score (nSPS) is 30.3. The molecule has 0 aromatic heterocycles. The fourth-order valence-electron chi connectivity index (χ4n) is 2.28. The summed E-state index contributed by atoms with van der Waals surface area (Å²) in [4.78, 5) is 0. The maximum Gasteiger partial charge on any atom is 1.00 e. The first-order valence-corrected chi connectivity index (χ1v) is 6.40. The first kappa shape index (κ1) is 16.4. The number of para-hydroxylation sites is 1. The Kier molecular flexibility index (Phi) is 5.76. The Morgan fingerprint density at radius 1 is 1.16 bits per heavy atom. The van der Waals surface area contributed by atoms with Gasteiger partial charge in [0.15, 0.2) is 0 Å². The second-order valence-electron chi connectivity index (χ2n) is 4.96. The van der Waals surface area contributed by atoms with Gasteiger partial charge in [-0.25, -0.2) is 0 Å². The average molecular weight is 254 g/mol. The van der Waals surface area contributed by atoms with Crippen molar-refractivity contribution >= 4 is 12.6 Å². The Morgan fingerprint density at radius 2 is 1.74 bits per heavy atom. The predicted molar refractivity (Wildman–Crippen MR) is 74.7 cm³/mol. The summed E-state index contributed by atoms with van der Waals surface area (Å²) in [5, 5.41) is 0. The quantitative estimate of drug-likeness (QED) is 0.718. The van der Waals surface area contributed by atoms with Crippen LogP contribution >= 0.6 is 0 Å². The van der Waals surface area contributed by atoms with E-state index in [4.69, 9.17) is 14.0 Å². The van der Waals surface area contributed by atoms with E-state index in [2.05, 4.69) is 0 Å². The zero-order chi connectivity index (χ0) is 13.2. The zero-order valence-electron chi connectivity index (χ0n) is 12.4. The van der Waals surface area contributed by atoms with E-state index >= 15 is 0 Å². The molecule has 3 nitrogen and oxygen atoms in total. The summed E-state index contributed by atoms with van der Waals surface area (Å²) in [5.41, 5.74) is 1.03. The van der Waals surface area contributed by atoms with Gasteiger partial charge in [0.1, 0.15) is 5.75 Å². The Bertz CT molecular complexity index is 440. The van der Waals surface area contributed by atoms with Gasteiger partial charge in [0.05, 0.1) is 7.11 Å². The molecule has 2 unspecified atom stereocenters. The fourth-order valence-corrected chi connectivity index (χ4v) is 2.28. The molecule has 1 aromatic rings. The molecule has 0 radical (unpaired) electrons. The number of ether oxygens (including phenoxy) is 1. The van der Waals surface area contributed by atoms with Crippen LogP contribution in [0.5, 0.6) is 5.75 Å². The molecule has 1 aliphatic heterocycles. The molecule has 2 atom stereocenters. The number of methoxy groups -OCH3 is 1. The fraction of sp³-hybridized carbons (Fsp3) is 0.429. The van der Waals surface area contributed by atoms with Crippen molar-refractivity contribution in [1.29, 1.82) is 0 Å². The van der Waals surface area contributed by atoms with Gasteiger partial charge >= 0.3 is 18.9 Å². The van der Waals surface area contributed by atoms with Gasteiger partial charge in [0, 0.05) is 17.8 Å². The summed E-state index contributed by atoms with van der Waals surface area (Å²) in [6.07, 6.45) is 2.28. The summed E-state index contributed by atoms with van der Waals surface area (Å²) in [7, 11) is 1.67. The standard InChI is InChI=1S/C14H20BO3.Li/c1-11-12(2)18-15(3,17-11)10-9-13-7-5-6-8-14(13)16-4;/h5-12H,1-4H3;/q-1;+1/b10-9+;. The van der Waals surface area contributed by atoms with Gasteiger partial charge in [0.25, 0.3) is 6.55 Å². The van der Waals surface area contributed by atoms with Crippen LogP contribution in [-0.2, 0) is 9.31 Å². The van der Waals surface area contributed by atoms with Gasteiger partial charge in [0.2, 0.25) is 0 Å². The third-order valence-electron chi connectivity index (χ3n) is 3.40. The summed E-state index contributed by atoms with van der Waals surface area (Å²) in [6, 6.07) is 7.89. The first-order chi connectivity index (χ1) is 8.54. The monoisotopic (exact) mass is 254 g/mol. The Balaban J connectivity index is 0.00000180. The van der Waals surface area contributed by atoms with Crippen LogP contribution < -0.4 is 23.6 Å². The average Bonchev–Trinajstić information content (AvgIpc) is 2.61. The molecule has 1 heterocycles. The van der Waals surface area contributed by atoms with Gasteiger partial charge < -0.3 is 14.0 Å². The molecule has 0 bridgehead atoms. The molecule has 1 aliphatic rings. The largest absolute Gasteiger partial charge is 1.00 e. The van der Waals surface area contributed by atoms with Crippen molar-refractivity contribution in [2.75, 3.05) is 7.11 Å². The molecule has 0 aliphatic carbocycles. The number of hydrogen-bond acceptors (Lipinski definition) is 3. The summed E-state index contributed by atoms with van der Waals surface area (Å²) in [6.45, 7) is 4.73.